The molecule has 3 heteroatoms. The molecule has 0 heterocycles. The molecule has 0 aromatic heterocycles. The molecule has 0 saturated heterocycles. The number of hydrogen-bond donors (Lipinski definition) is 0. The van der Waals surface area contributed by atoms with Crippen LogP contribution in [0.2, 0.25) is 0 Å². The first kappa shape index (κ1) is 33.1. The van der Waals surface area contributed by atoms with Crippen molar-refractivity contribution >= 4 is 7.05 Å². The molecule has 178 valence electrons. The quantitative estimate of drug-likeness (QED) is 0.133. The standard InChI is InChI=1S/C23H44NP.C5H8.Ti/c1-7-10-15-20(4)25(21(5)16-11-8-2,22(6)17-12-9-3)24-23-18-13-14-19-23;1-3-5-4-2;/h13-14,18,20-22H,7-12,15-17,19H2,1-6H3;3-5H,1H2,2H3;. The fourth-order valence-electron chi connectivity index (χ4n) is 4.59. The van der Waals surface area contributed by atoms with Crippen LogP contribution in [-0.2, 0) is 21.7 Å². The Morgan fingerprint density at radius 1 is 0.935 bits per heavy atom. The second-order valence-corrected chi connectivity index (χ2v) is 13.4. The molecule has 0 amide bonds. The third-order valence-corrected chi connectivity index (χ3v) is 12.0. The molecule has 0 radical (unpaired) electrons. The summed E-state index contributed by atoms with van der Waals surface area (Å²) in [5.41, 5.74) is 3.68. The molecule has 3 atom stereocenters. The summed E-state index contributed by atoms with van der Waals surface area (Å²) >= 11 is 0. The molecule has 1 aliphatic rings. The van der Waals surface area contributed by atoms with Gasteiger partial charge in [0.05, 0.1) is 0 Å². The van der Waals surface area contributed by atoms with Crippen molar-refractivity contribution in [2.75, 3.05) is 0 Å². The van der Waals surface area contributed by atoms with Crippen LogP contribution in [-0.4, -0.2) is 17.0 Å². The van der Waals surface area contributed by atoms with Crippen LogP contribution in [0.3, 0.4) is 0 Å². The van der Waals surface area contributed by atoms with Crippen LogP contribution < -0.4 is 0 Å². The molecule has 1 rings (SSSR count). The van der Waals surface area contributed by atoms with E-state index in [2.05, 4.69) is 66.3 Å². The molecule has 3 unspecified atom stereocenters. The van der Waals surface area contributed by atoms with Gasteiger partial charge in [-0.2, -0.15) is 0 Å². The van der Waals surface area contributed by atoms with Crippen molar-refractivity contribution in [2.45, 2.75) is 130 Å². The Morgan fingerprint density at radius 2 is 1.39 bits per heavy atom. The van der Waals surface area contributed by atoms with Gasteiger partial charge in [-0.3, -0.25) is 4.74 Å². The number of allylic oxidation sites excluding steroid dienone is 6. The molecule has 0 aromatic carbocycles. The summed E-state index contributed by atoms with van der Waals surface area (Å²) in [6.07, 6.45) is 25.5. The number of rotatable bonds is 14. The molecule has 1 nitrogen and oxygen atoms in total. The predicted octanol–water partition coefficient (Wildman–Crippen LogP) is 10.5. The second kappa shape index (κ2) is 20.5. The zero-order chi connectivity index (χ0) is 22.8. The van der Waals surface area contributed by atoms with Gasteiger partial charge in [-0.25, -0.2) is 0 Å². The van der Waals surface area contributed by atoms with E-state index in [1.807, 2.05) is 19.1 Å². The molecule has 0 spiro atoms. The normalized spacial score (nSPS) is 17.6. The molecule has 0 fully saturated rings. The summed E-state index contributed by atoms with van der Waals surface area (Å²) < 4.78 is 5.68. The third-order valence-electron chi connectivity index (χ3n) is 6.43. The van der Waals surface area contributed by atoms with Crippen LogP contribution in [0.25, 0.3) is 0 Å². The summed E-state index contributed by atoms with van der Waals surface area (Å²) in [6, 6.07) is 0. The van der Waals surface area contributed by atoms with Gasteiger partial charge in [0, 0.05) is 33.8 Å². The van der Waals surface area contributed by atoms with Gasteiger partial charge in [0.2, 0.25) is 0 Å². The first-order valence-corrected chi connectivity index (χ1v) is 14.6. The molecule has 0 aromatic rings. The van der Waals surface area contributed by atoms with Crippen molar-refractivity contribution in [1.29, 1.82) is 0 Å². The Bertz CT molecular complexity index is 545. The van der Waals surface area contributed by atoms with Crippen LogP contribution in [0.1, 0.15) is 113 Å². The molecule has 0 bridgehead atoms. The molecule has 31 heavy (non-hydrogen) atoms. The van der Waals surface area contributed by atoms with E-state index in [1.54, 1.807) is 6.08 Å². The van der Waals surface area contributed by atoms with E-state index in [1.165, 1.54) is 63.5 Å². The average molecular weight is 482 g/mol. The Balaban J connectivity index is 0. The van der Waals surface area contributed by atoms with E-state index >= 15 is 0 Å². The number of unbranched alkanes of at least 4 members (excludes halogenated alkanes) is 3. The van der Waals surface area contributed by atoms with Crippen molar-refractivity contribution in [3.63, 3.8) is 0 Å². The maximum atomic E-state index is 5.68. The first-order valence-electron chi connectivity index (χ1n) is 12.6. The number of hydrogen-bond acceptors (Lipinski definition) is 1. The number of nitrogens with zero attached hydrogens (tertiary/aromatic N) is 1. The van der Waals surface area contributed by atoms with Crippen molar-refractivity contribution in [2.24, 2.45) is 4.74 Å². The molecule has 0 saturated carbocycles. The van der Waals surface area contributed by atoms with Crippen molar-refractivity contribution in [3.05, 3.63) is 48.7 Å². The molecule has 1 aliphatic carbocycles. The minimum Gasteiger partial charge on any atom is -0.271 e. The summed E-state index contributed by atoms with van der Waals surface area (Å²) in [5.74, 6) is 0. The minimum atomic E-state index is -1.39. The predicted molar refractivity (Wildman–Crippen MR) is 143 cm³/mol. The fourth-order valence-corrected chi connectivity index (χ4v) is 10.2. The molecular formula is C28H52NPTi. The van der Waals surface area contributed by atoms with Gasteiger partial charge in [0.25, 0.3) is 0 Å². The van der Waals surface area contributed by atoms with Gasteiger partial charge in [-0.1, -0.05) is 117 Å². The second-order valence-electron chi connectivity index (χ2n) is 8.92. The van der Waals surface area contributed by atoms with Crippen molar-refractivity contribution < 1.29 is 21.7 Å². The van der Waals surface area contributed by atoms with E-state index in [-0.39, 0.29) is 21.7 Å². The smallest absolute Gasteiger partial charge is 0.0425 e. The van der Waals surface area contributed by atoms with Crippen LogP contribution in [0.4, 0.5) is 0 Å². The summed E-state index contributed by atoms with van der Waals surface area (Å²) in [6.45, 7) is 20.0. The van der Waals surface area contributed by atoms with Gasteiger partial charge in [-0.05, 0) is 56.3 Å². The van der Waals surface area contributed by atoms with Gasteiger partial charge >= 0.3 is 0 Å². The molecule has 0 aliphatic heterocycles. The van der Waals surface area contributed by atoms with E-state index in [9.17, 15) is 0 Å². The van der Waals surface area contributed by atoms with Crippen LogP contribution in [0.5, 0.6) is 0 Å². The Morgan fingerprint density at radius 3 is 1.65 bits per heavy atom. The molecular weight excluding hydrogens is 429 g/mol. The first-order chi connectivity index (χ1) is 14.4. The largest absolute Gasteiger partial charge is 0.271 e. The monoisotopic (exact) mass is 481 g/mol. The fraction of sp³-hybridized carbons (Fsp3) is 0.714. The SMILES string of the molecule is C=CC=CC.CCCCC(C)P(=NC1=CC=CC1)(C(C)CCCC)C(C)CCCC.[Ti]. The zero-order valence-electron chi connectivity index (χ0n) is 21.9. The minimum absolute atomic E-state index is 0. The van der Waals surface area contributed by atoms with Crippen LogP contribution in [0, 0.1) is 0 Å². The van der Waals surface area contributed by atoms with E-state index in [0.717, 1.165) is 23.4 Å². The van der Waals surface area contributed by atoms with E-state index in [0.29, 0.717) is 0 Å². The van der Waals surface area contributed by atoms with Crippen molar-refractivity contribution in [3.8, 4) is 0 Å². The Kier molecular flexibility index (Phi) is 21.9. The van der Waals surface area contributed by atoms with E-state index in [4.69, 9.17) is 4.74 Å². The van der Waals surface area contributed by atoms with Gasteiger partial charge < -0.3 is 0 Å². The summed E-state index contributed by atoms with van der Waals surface area (Å²) in [4.78, 5) is 0. The topological polar surface area (TPSA) is 12.4 Å². The average Bonchev–Trinajstić information content (AvgIpc) is 3.26. The zero-order valence-corrected chi connectivity index (χ0v) is 24.3. The summed E-state index contributed by atoms with van der Waals surface area (Å²) in [5, 5.41) is 0. The Hall–Kier alpha value is -0.0957. The van der Waals surface area contributed by atoms with Crippen LogP contribution in [0.15, 0.2) is 53.5 Å². The maximum Gasteiger partial charge on any atom is 0.0425 e. The van der Waals surface area contributed by atoms with E-state index < -0.39 is 7.05 Å². The Labute approximate surface area is 211 Å². The summed E-state index contributed by atoms with van der Waals surface area (Å²) in [7, 11) is -1.39. The molecule has 0 N–H and O–H groups in total. The third kappa shape index (κ3) is 12.1. The van der Waals surface area contributed by atoms with Crippen LogP contribution >= 0.6 is 7.05 Å². The van der Waals surface area contributed by atoms with Gasteiger partial charge in [0.1, 0.15) is 0 Å². The van der Waals surface area contributed by atoms with Gasteiger partial charge in [-0.15, -0.1) is 0 Å². The maximum absolute atomic E-state index is 5.68. The van der Waals surface area contributed by atoms with Crippen molar-refractivity contribution in [1.82, 2.24) is 0 Å². The van der Waals surface area contributed by atoms with Gasteiger partial charge in [0.15, 0.2) is 0 Å².